The van der Waals surface area contributed by atoms with Crippen molar-refractivity contribution in [2.24, 2.45) is 5.92 Å². The van der Waals surface area contributed by atoms with Crippen molar-refractivity contribution < 1.29 is 33.4 Å². The van der Waals surface area contributed by atoms with Crippen LogP contribution in [-0.4, -0.2) is 35.7 Å². The van der Waals surface area contributed by atoms with E-state index in [-0.39, 0.29) is 30.6 Å². The fourth-order valence-electron chi connectivity index (χ4n) is 2.85. The van der Waals surface area contributed by atoms with Gasteiger partial charge >= 0.3 is 5.97 Å². The van der Waals surface area contributed by atoms with E-state index in [1.165, 1.54) is 18.4 Å². The minimum atomic E-state index is -1.16. The molecule has 2 amide bonds. The molecule has 3 N–H and O–H groups in total. The second-order valence-electron chi connectivity index (χ2n) is 7.10. The number of carboxylic acid groups (broad SMARTS) is 1. The Kier molecular flexibility index (Phi) is 6.41. The van der Waals surface area contributed by atoms with E-state index in [0.717, 1.165) is 0 Å². The average molecular weight is 414 g/mol. The van der Waals surface area contributed by atoms with Crippen LogP contribution in [0.2, 0.25) is 0 Å². The second kappa shape index (κ2) is 9.17. The van der Waals surface area contributed by atoms with Crippen molar-refractivity contribution in [3.05, 3.63) is 53.6 Å². The van der Waals surface area contributed by atoms with Crippen LogP contribution < -0.4 is 20.1 Å². The second-order valence-corrected chi connectivity index (χ2v) is 7.10. The maximum Gasteiger partial charge on any atom is 0.326 e. The van der Waals surface area contributed by atoms with Gasteiger partial charge in [-0.05, 0) is 48.2 Å². The fourth-order valence-corrected chi connectivity index (χ4v) is 2.85. The van der Waals surface area contributed by atoms with Crippen LogP contribution in [0.25, 0.3) is 6.08 Å². The van der Waals surface area contributed by atoms with Crippen molar-refractivity contribution in [3.63, 3.8) is 0 Å². The van der Waals surface area contributed by atoms with Crippen LogP contribution in [0, 0.1) is 5.92 Å². The van der Waals surface area contributed by atoms with Gasteiger partial charge in [0.1, 0.15) is 11.7 Å². The Morgan fingerprint density at radius 3 is 2.60 bits per heavy atom. The first-order valence-electron chi connectivity index (χ1n) is 9.33. The van der Waals surface area contributed by atoms with Crippen LogP contribution >= 0.6 is 0 Å². The van der Waals surface area contributed by atoms with Gasteiger partial charge < -0.3 is 29.6 Å². The number of rotatable bonds is 8. The van der Waals surface area contributed by atoms with Crippen molar-refractivity contribution in [1.82, 2.24) is 10.6 Å². The molecule has 2 heterocycles. The highest BCUT2D eigenvalue weighted by Crippen LogP contribution is 2.33. The number of carbonyl (C=O) groups is 3. The summed E-state index contributed by atoms with van der Waals surface area (Å²) in [5.74, 6) is -1.40. The Morgan fingerprint density at radius 1 is 1.17 bits per heavy atom. The first-order valence-corrected chi connectivity index (χ1v) is 9.33. The van der Waals surface area contributed by atoms with E-state index in [9.17, 15) is 19.5 Å². The molecule has 0 saturated heterocycles. The maximum absolute atomic E-state index is 12.8. The van der Waals surface area contributed by atoms with Gasteiger partial charge in [-0.2, -0.15) is 0 Å². The summed E-state index contributed by atoms with van der Waals surface area (Å²) in [7, 11) is 0. The van der Waals surface area contributed by atoms with Crippen LogP contribution in [0.3, 0.4) is 0 Å². The van der Waals surface area contributed by atoms with E-state index < -0.39 is 23.8 Å². The van der Waals surface area contributed by atoms with Crippen LogP contribution in [-0.2, 0) is 9.59 Å². The molecule has 1 atom stereocenters. The molecule has 0 aliphatic carbocycles. The molecule has 0 bridgehead atoms. The number of carbonyl (C=O) groups excluding carboxylic acids is 2. The monoisotopic (exact) mass is 414 g/mol. The number of hydrogen-bond donors (Lipinski definition) is 3. The summed E-state index contributed by atoms with van der Waals surface area (Å²) in [6, 6.07) is 6.90. The van der Waals surface area contributed by atoms with E-state index in [2.05, 4.69) is 10.6 Å². The van der Waals surface area contributed by atoms with E-state index in [1.807, 2.05) is 13.8 Å². The van der Waals surface area contributed by atoms with Gasteiger partial charge in [0, 0.05) is 0 Å². The number of ether oxygens (including phenoxy) is 2. The molecule has 2 aromatic rings. The molecule has 1 aliphatic heterocycles. The van der Waals surface area contributed by atoms with Crippen molar-refractivity contribution in [2.45, 2.75) is 26.3 Å². The first-order chi connectivity index (χ1) is 14.3. The summed E-state index contributed by atoms with van der Waals surface area (Å²) in [4.78, 5) is 36.8. The van der Waals surface area contributed by atoms with Gasteiger partial charge in [-0.3, -0.25) is 9.59 Å². The SMILES string of the molecule is CC(C)C[C@H](NC(=O)/C(=C/c1ccc2c(c1)OCO2)NC(=O)c1ccco1)C(=O)O. The summed E-state index contributed by atoms with van der Waals surface area (Å²) < 4.78 is 15.7. The minimum absolute atomic E-state index is 0.0105. The van der Waals surface area contributed by atoms with Gasteiger partial charge in [-0.25, -0.2) is 4.79 Å². The van der Waals surface area contributed by atoms with Crippen molar-refractivity contribution in [3.8, 4) is 11.5 Å². The molecule has 1 aromatic carbocycles. The van der Waals surface area contributed by atoms with Crippen molar-refractivity contribution >= 4 is 23.9 Å². The van der Waals surface area contributed by atoms with Crippen LogP contribution in [0.1, 0.15) is 36.4 Å². The highest BCUT2D eigenvalue weighted by molar-refractivity contribution is 6.05. The van der Waals surface area contributed by atoms with E-state index in [1.54, 1.807) is 24.3 Å². The number of carboxylic acids is 1. The summed E-state index contributed by atoms with van der Waals surface area (Å²) >= 11 is 0. The van der Waals surface area contributed by atoms with Gasteiger partial charge in [0.15, 0.2) is 17.3 Å². The van der Waals surface area contributed by atoms with Crippen molar-refractivity contribution in [2.75, 3.05) is 6.79 Å². The summed E-state index contributed by atoms with van der Waals surface area (Å²) in [5, 5.41) is 14.4. The standard InChI is InChI=1S/C21H22N2O7/c1-12(2)8-15(21(26)27)23-19(24)14(22-20(25)17-4-3-7-28-17)9-13-5-6-16-18(10-13)30-11-29-16/h3-7,9-10,12,15H,8,11H2,1-2H3,(H,22,25)(H,23,24)(H,26,27)/b14-9-/t15-/m0/s1. The number of nitrogens with one attached hydrogen (secondary N) is 2. The highest BCUT2D eigenvalue weighted by Gasteiger charge is 2.24. The number of amides is 2. The highest BCUT2D eigenvalue weighted by atomic mass is 16.7. The van der Waals surface area contributed by atoms with Crippen LogP contribution in [0.15, 0.2) is 46.7 Å². The molecule has 1 aromatic heterocycles. The van der Waals surface area contributed by atoms with Crippen molar-refractivity contribution in [1.29, 1.82) is 0 Å². The van der Waals surface area contributed by atoms with E-state index in [4.69, 9.17) is 13.9 Å². The Balaban J connectivity index is 1.87. The zero-order valence-corrected chi connectivity index (χ0v) is 16.5. The largest absolute Gasteiger partial charge is 0.480 e. The Labute approximate surface area is 172 Å². The molecule has 30 heavy (non-hydrogen) atoms. The number of aliphatic carboxylic acids is 1. The Hall–Kier alpha value is -3.75. The lowest BCUT2D eigenvalue weighted by molar-refractivity contribution is -0.141. The summed E-state index contributed by atoms with van der Waals surface area (Å²) in [6.07, 6.45) is 3.00. The van der Waals surface area contributed by atoms with Gasteiger partial charge in [-0.15, -0.1) is 0 Å². The molecule has 0 radical (unpaired) electrons. The predicted molar refractivity (Wildman–Crippen MR) is 106 cm³/mol. The van der Waals surface area contributed by atoms with Gasteiger partial charge in [0.05, 0.1) is 6.26 Å². The summed E-state index contributed by atoms with van der Waals surface area (Å²) in [6.45, 7) is 3.80. The Bertz CT molecular complexity index is 964. The zero-order valence-electron chi connectivity index (χ0n) is 16.5. The predicted octanol–water partition coefficient (Wildman–Crippen LogP) is 2.39. The lowest BCUT2D eigenvalue weighted by Crippen LogP contribution is -2.44. The molecule has 3 rings (SSSR count). The topological polar surface area (TPSA) is 127 Å². The maximum atomic E-state index is 12.8. The molecule has 0 unspecified atom stereocenters. The molecule has 9 heteroatoms. The normalized spacial score (nSPS) is 13.8. The molecule has 0 spiro atoms. The Morgan fingerprint density at radius 2 is 1.93 bits per heavy atom. The average Bonchev–Trinajstić information content (AvgIpc) is 3.37. The lowest BCUT2D eigenvalue weighted by Gasteiger charge is -2.18. The van der Waals surface area contributed by atoms with Gasteiger partial charge in [0.2, 0.25) is 6.79 Å². The van der Waals surface area contributed by atoms with Gasteiger partial charge in [0.25, 0.3) is 11.8 Å². The van der Waals surface area contributed by atoms with Crippen LogP contribution in [0.5, 0.6) is 11.5 Å². The van der Waals surface area contributed by atoms with E-state index >= 15 is 0 Å². The molecule has 9 nitrogen and oxygen atoms in total. The fraction of sp³-hybridized carbons (Fsp3) is 0.286. The van der Waals surface area contributed by atoms with Gasteiger partial charge in [-0.1, -0.05) is 19.9 Å². The lowest BCUT2D eigenvalue weighted by atomic mass is 10.0. The van der Waals surface area contributed by atoms with E-state index in [0.29, 0.717) is 17.1 Å². The number of furan rings is 1. The molecular weight excluding hydrogens is 392 g/mol. The number of fused-ring (bicyclic) bond motifs is 1. The number of benzene rings is 1. The molecular formula is C21H22N2O7. The third-order valence-corrected chi connectivity index (χ3v) is 4.26. The molecule has 158 valence electrons. The molecule has 1 aliphatic rings. The first kappa shape index (κ1) is 21.0. The third-order valence-electron chi connectivity index (χ3n) is 4.26. The molecule has 0 saturated carbocycles. The van der Waals surface area contributed by atoms with Crippen LogP contribution in [0.4, 0.5) is 0 Å². The number of hydrogen-bond acceptors (Lipinski definition) is 6. The minimum Gasteiger partial charge on any atom is -0.480 e. The third kappa shape index (κ3) is 5.19. The molecule has 0 fully saturated rings. The smallest absolute Gasteiger partial charge is 0.326 e. The summed E-state index contributed by atoms with van der Waals surface area (Å²) in [5.41, 5.74) is 0.421. The quantitative estimate of drug-likeness (QED) is 0.566. The zero-order chi connectivity index (χ0) is 21.7.